The second kappa shape index (κ2) is 2.16. The van der Waals surface area contributed by atoms with Gasteiger partial charge in [-0.3, -0.25) is 4.98 Å². The lowest BCUT2D eigenvalue weighted by Gasteiger charge is -1.90. The van der Waals surface area contributed by atoms with Crippen LogP contribution in [0.4, 0.5) is 0 Å². The molecule has 6 heteroatoms. The molecule has 0 fully saturated rings. The van der Waals surface area contributed by atoms with Crippen LogP contribution in [0, 0.1) is 0 Å². The average molecular weight is 215 g/mol. The molecule has 0 atom stereocenters. The molecule has 0 aromatic carbocycles. The number of halogens is 1. The first-order chi connectivity index (χ1) is 5.29. The van der Waals surface area contributed by atoms with Crippen molar-refractivity contribution in [1.82, 2.24) is 19.6 Å². The van der Waals surface area contributed by atoms with Gasteiger partial charge in [-0.25, -0.2) is 14.3 Å². The van der Waals surface area contributed by atoms with Crippen molar-refractivity contribution >= 4 is 21.6 Å². The Hall–Kier alpha value is -1.17. The van der Waals surface area contributed by atoms with Crippen LogP contribution in [0.2, 0.25) is 0 Å². The zero-order valence-corrected chi connectivity index (χ0v) is 6.87. The van der Waals surface area contributed by atoms with Gasteiger partial charge < -0.3 is 0 Å². The molecule has 0 spiro atoms. The highest BCUT2D eigenvalue weighted by Gasteiger charge is 2.01. The van der Waals surface area contributed by atoms with Gasteiger partial charge in [0.15, 0.2) is 5.65 Å². The molecule has 0 radical (unpaired) electrons. The van der Waals surface area contributed by atoms with E-state index in [0.29, 0.717) is 10.3 Å². The van der Waals surface area contributed by atoms with E-state index in [2.05, 4.69) is 31.1 Å². The molecular weight excluding hydrogens is 212 g/mol. The number of hydrogen-bond acceptors (Lipinski definition) is 3. The lowest BCUT2D eigenvalue weighted by molar-refractivity contribution is 0.999. The van der Waals surface area contributed by atoms with Crippen LogP contribution in [0.25, 0.3) is 5.65 Å². The Morgan fingerprint density at radius 2 is 2.36 bits per heavy atom. The number of H-pyrrole nitrogens is 1. The Morgan fingerprint density at radius 3 is 3.09 bits per heavy atom. The van der Waals surface area contributed by atoms with Crippen LogP contribution in [0.3, 0.4) is 0 Å². The molecule has 0 aliphatic rings. The van der Waals surface area contributed by atoms with Crippen LogP contribution in [0.15, 0.2) is 21.8 Å². The van der Waals surface area contributed by atoms with Gasteiger partial charge in [0.25, 0.3) is 0 Å². The van der Waals surface area contributed by atoms with Crippen LogP contribution in [0.5, 0.6) is 0 Å². The van der Waals surface area contributed by atoms with Crippen molar-refractivity contribution in [2.24, 2.45) is 0 Å². The molecule has 2 heterocycles. The van der Waals surface area contributed by atoms with Gasteiger partial charge in [0, 0.05) is 0 Å². The number of nitrogens with zero attached hydrogens (tertiary/aromatic N) is 3. The molecule has 1 N–H and O–H groups in total. The summed E-state index contributed by atoms with van der Waals surface area (Å²) in [5.41, 5.74) is 0.235. The van der Waals surface area contributed by atoms with Gasteiger partial charge >= 0.3 is 5.69 Å². The van der Waals surface area contributed by atoms with Crippen molar-refractivity contribution in [1.29, 1.82) is 0 Å². The maximum atomic E-state index is 11.0. The Kier molecular flexibility index (Phi) is 1.28. The molecule has 0 amide bonds. The number of aromatic amines is 1. The van der Waals surface area contributed by atoms with E-state index in [1.54, 1.807) is 0 Å². The molecule has 56 valence electrons. The standard InChI is InChI=1S/C5H3BrN4O/c6-3-1-7-2-4-8-9-5(11)10(3)4/h1-2H,(H,9,11). The summed E-state index contributed by atoms with van der Waals surface area (Å²) in [6.45, 7) is 0. The van der Waals surface area contributed by atoms with Crippen LogP contribution in [0.1, 0.15) is 0 Å². The van der Waals surface area contributed by atoms with Crippen LogP contribution in [-0.2, 0) is 0 Å². The van der Waals surface area contributed by atoms with E-state index in [4.69, 9.17) is 0 Å². The summed E-state index contributed by atoms with van der Waals surface area (Å²) in [4.78, 5) is 14.8. The molecule has 0 saturated carbocycles. The summed E-state index contributed by atoms with van der Waals surface area (Å²) in [7, 11) is 0. The lowest BCUT2D eigenvalue weighted by atomic mass is 10.7. The minimum atomic E-state index is -0.269. The fraction of sp³-hybridized carbons (Fsp3) is 0. The van der Waals surface area contributed by atoms with E-state index < -0.39 is 0 Å². The number of hydrogen-bond donors (Lipinski definition) is 1. The van der Waals surface area contributed by atoms with E-state index in [9.17, 15) is 4.79 Å². The first kappa shape index (κ1) is 6.53. The number of nitrogens with one attached hydrogen (secondary N) is 1. The summed E-state index contributed by atoms with van der Waals surface area (Å²) < 4.78 is 1.97. The fourth-order valence-corrected chi connectivity index (χ4v) is 1.29. The van der Waals surface area contributed by atoms with Crippen molar-refractivity contribution in [3.05, 3.63) is 27.5 Å². The van der Waals surface area contributed by atoms with E-state index >= 15 is 0 Å². The maximum absolute atomic E-state index is 11.0. The summed E-state index contributed by atoms with van der Waals surface area (Å²) in [6.07, 6.45) is 3.03. The van der Waals surface area contributed by atoms with E-state index in [0.717, 1.165) is 0 Å². The Labute approximate surface area is 69.2 Å². The van der Waals surface area contributed by atoms with E-state index in [-0.39, 0.29) is 5.69 Å². The summed E-state index contributed by atoms with van der Waals surface area (Å²) in [6, 6.07) is 0. The first-order valence-electron chi connectivity index (χ1n) is 2.85. The summed E-state index contributed by atoms with van der Waals surface area (Å²) in [5.74, 6) is 0. The van der Waals surface area contributed by atoms with Gasteiger partial charge in [-0.15, -0.1) is 0 Å². The maximum Gasteiger partial charge on any atom is 0.348 e. The third kappa shape index (κ3) is 0.864. The van der Waals surface area contributed by atoms with E-state index in [1.807, 2.05) is 0 Å². The highest BCUT2D eigenvalue weighted by atomic mass is 79.9. The van der Waals surface area contributed by atoms with Crippen molar-refractivity contribution < 1.29 is 0 Å². The normalized spacial score (nSPS) is 10.6. The van der Waals surface area contributed by atoms with Crippen molar-refractivity contribution in [3.8, 4) is 0 Å². The average Bonchev–Trinajstić information content (AvgIpc) is 2.34. The second-order valence-electron chi connectivity index (χ2n) is 1.95. The second-order valence-corrected chi connectivity index (χ2v) is 2.76. The van der Waals surface area contributed by atoms with Gasteiger partial charge in [-0.2, -0.15) is 5.10 Å². The molecule has 0 aliphatic carbocycles. The van der Waals surface area contributed by atoms with Crippen LogP contribution in [-0.4, -0.2) is 19.6 Å². The quantitative estimate of drug-likeness (QED) is 0.681. The molecule has 0 unspecified atom stereocenters. The molecule has 2 aromatic heterocycles. The van der Waals surface area contributed by atoms with Gasteiger partial charge in [-0.05, 0) is 15.9 Å². The van der Waals surface area contributed by atoms with Crippen molar-refractivity contribution in [2.75, 3.05) is 0 Å². The monoisotopic (exact) mass is 214 g/mol. The van der Waals surface area contributed by atoms with E-state index in [1.165, 1.54) is 16.8 Å². The molecule has 5 nitrogen and oxygen atoms in total. The first-order valence-corrected chi connectivity index (χ1v) is 3.65. The van der Waals surface area contributed by atoms with Crippen LogP contribution >= 0.6 is 15.9 Å². The molecular formula is C5H3BrN4O. The van der Waals surface area contributed by atoms with Crippen LogP contribution < -0.4 is 5.69 Å². The summed E-state index contributed by atoms with van der Waals surface area (Å²) in [5, 5.41) is 6.02. The van der Waals surface area contributed by atoms with Gasteiger partial charge in [0.1, 0.15) is 4.60 Å². The third-order valence-corrected chi connectivity index (χ3v) is 1.84. The SMILES string of the molecule is O=c1[nH]nc2cncc(Br)n12. The molecule has 0 saturated heterocycles. The Bertz CT molecular complexity index is 445. The zero-order valence-electron chi connectivity index (χ0n) is 5.28. The summed E-state index contributed by atoms with van der Waals surface area (Å²) >= 11 is 3.17. The third-order valence-electron chi connectivity index (χ3n) is 1.28. The Morgan fingerprint density at radius 1 is 1.55 bits per heavy atom. The Balaban J connectivity index is 3.08. The highest BCUT2D eigenvalue weighted by molar-refractivity contribution is 9.10. The molecule has 0 bridgehead atoms. The molecule has 2 aromatic rings. The topological polar surface area (TPSA) is 63.0 Å². The minimum absolute atomic E-state index is 0.269. The van der Waals surface area contributed by atoms with Gasteiger partial charge in [0.05, 0.1) is 12.4 Å². The minimum Gasteiger partial charge on any atom is -0.258 e. The smallest absolute Gasteiger partial charge is 0.258 e. The number of rotatable bonds is 0. The van der Waals surface area contributed by atoms with Gasteiger partial charge in [-0.1, -0.05) is 0 Å². The largest absolute Gasteiger partial charge is 0.348 e. The number of aromatic nitrogens is 4. The molecule has 2 rings (SSSR count). The lowest BCUT2D eigenvalue weighted by Crippen LogP contribution is -2.10. The molecule has 11 heavy (non-hydrogen) atoms. The molecule has 0 aliphatic heterocycles. The fourth-order valence-electron chi connectivity index (χ4n) is 0.825. The highest BCUT2D eigenvalue weighted by Crippen LogP contribution is 2.05. The van der Waals surface area contributed by atoms with Crippen molar-refractivity contribution in [3.63, 3.8) is 0 Å². The predicted molar refractivity (Wildman–Crippen MR) is 41.3 cm³/mol. The van der Waals surface area contributed by atoms with Crippen molar-refractivity contribution in [2.45, 2.75) is 0 Å². The van der Waals surface area contributed by atoms with Gasteiger partial charge in [0.2, 0.25) is 0 Å². The zero-order chi connectivity index (χ0) is 7.84. The predicted octanol–water partition coefficient (Wildman–Crippen LogP) is 0.180. The number of fused-ring (bicyclic) bond motifs is 1.